The lowest BCUT2D eigenvalue weighted by atomic mass is 10.0. The maximum absolute atomic E-state index is 12.9. The van der Waals surface area contributed by atoms with E-state index in [1.54, 1.807) is 48.5 Å². The number of carbonyl (C=O) groups is 2. The van der Waals surface area contributed by atoms with Gasteiger partial charge in [0.15, 0.2) is 0 Å². The molecule has 3 rings (SSSR count). The number of aromatic hydroxyl groups is 2. The topological polar surface area (TPSA) is 142 Å². The number of ether oxygens (including phenoxy) is 2. The van der Waals surface area contributed by atoms with Crippen LogP contribution in [0.5, 0.6) is 11.5 Å². The van der Waals surface area contributed by atoms with Crippen LogP contribution < -0.4 is 0 Å². The summed E-state index contributed by atoms with van der Waals surface area (Å²) in [5, 5.41) is 37.7. The van der Waals surface area contributed by atoms with Crippen LogP contribution in [0, 0.1) is 11.8 Å². The highest BCUT2D eigenvalue weighted by Gasteiger charge is 2.17. The summed E-state index contributed by atoms with van der Waals surface area (Å²) in [6.07, 6.45) is 14.7. The van der Waals surface area contributed by atoms with Crippen molar-refractivity contribution in [3.8, 4) is 11.5 Å². The molecule has 0 aliphatic rings. The van der Waals surface area contributed by atoms with E-state index < -0.39 is 11.9 Å². The van der Waals surface area contributed by atoms with Crippen LogP contribution in [0.15, 0.2) is 81.1 Å². The molecule has 0 aliphatic carbocycles. The molecule has 0 saturated carbocycles. The molecule has 51 heavy (non-hydrogen) atoms. The van der Waals surface area contributed by atoms with Gasteiger partial charge < -0.3 is 19.7 Å². The average Bonchev–Trinajstić information content (AvgIpc) is 3.13. The Balaban J connectivity index is 1.60. The number of hydrogen-bond acceptors (Lipinski definition) is 10. The van der Waals surface area contributed by atoms with Gasteiger partial charge in [0.25, 0.3) is 0 Å². The number of phenolic OH excluding ortho intramolecular Hbond substituents is 2. The van der Waals surface area contributed by atoms with Crippen LogP contribution in [0.25, 0.3) is 0 Å². The van der Waals surface area contributed by atoms with E-state index >= 15 is 0 Å². The molecule has 0 saturated heterocycles. The van der Waals surface area contributed by atoms with Gasteiger partial charge in [-0.05, 0) is 48.9 Å². The maximum Gasteiger partial charge on any atom is 0.340 e. The molecule has 10 heteroatoms. The fourth-order valence-corrected chi connectivity index (χ4v) is 5.52. The summed E-state index contributed by atoms with van der Waals surface area (Å²) in [5.74, 6) is -0.615. The maximum atomic E-state index is 12.9. The summed E-state index contributed by atoms with van der Waals surface area (Å²) >= 11 is 0. The molecule has 276 valence electrons. The van der Waals surface area contributed by atoms with Gasteiger partial charge in [0.2, 0.25) is 0 Å². The van der Waals surface area contributed by atoms with E-state index in [-0.39, 0.29) is 45.4 Å². The smallest absolute Gasteiger partial charge is 0.340 e. The number of phenols is 2. The van der Waals surface area contributed by atoms with Gasteiger partial charge in [-0.2, -0.15) is 0 Å². The fraction of sp³-hybridized carbons (Fsp3) is 0.512. The zero-order valence-corrected chi connectivity index (χ0v) is 30.9. The first-order valence-electron chi connectivity index (χ1n) is 18.6. The second kappa shape index (κ2) is 23.0. The van der Waals surface area contributed by atoms with Crippen molar-refractivity contribution < 1.29 is 29.3 Å². The van der Waals surface area contributed by atoms with E-state index in [0.29, 0.717) is 19.1 Å². The van der Waals surface area contributed by atoms with E-state index in [1.807, 2.05) is 0 Å². The molecule has 0 fully saturated rings. The lowest BCUT2D eigenvalue weighted by molar-refractivity contribution is 0.0428. The molecule has 3 aromatic rings. The van der Waals surface area contributed by atoms with E-state index in [1.165, 1.54) is 44.6 Å². The lowest BCUT2D eigenvalue weighted by Gasteiger charge is -2.15. The van der Waals surface area contributed by atoms with Crippen LogP contribution in [0.3, 0.4) is 0 Å². The highest BCUT2D eigenvalue weighted by molar-refractivity contribution is 5.95. The predicted octanol–water partition coefficient (Wildman–Crippen LogP) is 12.6. The number of esters is 2. The van der Waals surface area contributed by atoms with Gasteiger partial charge in [0, 0.05) is 12.1 Å². The third kappa shape index (κ3) is 14.7. The summed E-state index contributed by atoms with van der Waals surface area (Å²) in [6.45, 7) is 9.41. The van der Waals surface area contributed by atoms with E-state index in [2.05, 4.69) is 48.2 Å². The van der Waals surface area contributed by atoms with Crippen LogP contribution in [0.2, 0.25) is 0 Å². The number of carbonyl (C=O) groups excluding carboxylic acids is 2. The SMILES string of the molecule is CCCCC(CC)COC(=O)c1ccccc1N=Nc1cc(N=Nc2ccccc2C(=O)OCCCCCCCCCCC(C)C)c(O)cc1O. The first kappa shape index (κ1) is 40.8. The first-order chi connectivity index (χ1) is 24.7. The minimum absolute atomic E-state index is 0.00442. The minimum Gasteiger partial charge on any atom is -0.505 e. The lowest BCUT2D eigenvalue weighted by Crippen LogP contribution is -2.14. The van der Waals surface area contributed by atoms with Crippen LogP contribution in [-0.2, 0) is 9.47 Å². The van der Waals surface area contributed by atoms with Crippen LogP contribution >= 0.6 is 0 Å². The molecular formula is C41H56N4O6. The molecule has 0 aliphatic heterocycles. The largest absolute Gasteiger partial charge is 0.505 e. The Morgan fingerprint density at radius 1 is 0.608 bits per heavy atom. The molecule has 0 heterocycles. The zero-order valence-electron chi connectivity index (χ0n) is 30.9. The number of nitrogens with zero attached hydrogens (tertiary/aromatic N) is 4. The Labute approximate surface area is 303 Å². The average molecular weight is 701 g/mol. The second-order valence-electron chi connectivity index (χ2n) is 13.4. The number of hydrogen-bond donors (Lipinski definition) is 2. The summed E-state index contributed by atoms with van der Waals surface area (Å²) in [6, 6.07) is 15.7. The molecule has 2 N–H and O–H groups in total. The van der Waals surface area contributed by atoms with Gasteiger partial charge in [0.1, 0.15) is 34.2 Å². The Morgan fingerprint density at radius 2 is 1.10 bits per heavy atom. The molecule has 3 aromatic carbocycles. The van der Waals surface area contributed by atoms with E-state index in [9.17, 15) is 19.8 Å². The molecule has 0 amide bonds. The second-order valence-corrected chi connectivity index (χ2v) is 13.4. The van der Waals surface area contributed by atoms with Gasteiger partial charge in [-0.1, -0.05) is 123 Å². The first-order valence-corrected chi connectivity index (χ1v) is 18.6. The molecule has 1 unspecified atom stereocenters. The van der Waals surface area contributed by atoms with Crippen LogP contribution in [-0.4, -0.2) is 35.4 Å². The van der Waals surface area contributed by atoms with Crippen molar-refractivity contribution in [1.82, 2.24) is 0 Å². The van der Waals surface area contributed by atoms with Gasteiger partial charge in [-0.3, -0.25) is 0 Å². The summed E-state index contributed by atoms with van der Waals surface area (Å²) in [4.78, 5) is 25.8. The van der Waals surface area contributed by atoms with Crippen LogP contribution in [0.1, 0.15) is 132 Å². The normalized spacial score (nSPS) is 12.2. The van der Waals surface area contributed by atoms with Crippen molar-refractivity contribution in [2.24, 2.45) is 32.3 Å². The predicted molar refractivity (Wildman–Crippen MR) is 201 cm³/mol. The van der Waals surface area contributed by atoms with Crippen molar-refractivity contribution in [2.45, 2.75) is 111 Å². The number of benzene rings is 3. The molecule has 1 atom stereocenters. The summed E-state index contributed by atoms with van der Waals surface area (Å²) in [7, 11) is 0. The molecule has 0 spiro atoms. The highest BCUT2D eigenvalue weighted by atomic mass is 16.5. The van der Waals surface area contributed by atoms with Gasteiger partial charge in [-0.25, -0.2) is 9.59 Å². The molecule has 0 bridgehead atoms. The monoisotopic (exact) mass is 700 g/mol. The van der Waals surface area contributed by atoms with Crippen molar-refractivity contribution in [2.75, 3.05) is 13.2 Å². The molecule has 0 aromatic heterocycles. The van der Waals surface area contributed by atoms with Crippen molar-refractivity contribution in [3.05, 3.63) is 71.8 Å². The fourth-order valence-electron chi connectivity index (χ4n) is 5.52. The van der Waals surface area contributed by atoms with Crippen molar-refractivity contribution in [3.63, 3.8) is 0 Å². The Hall–Kier alpha value is -4.60. The van der Waals surface area contributed by atoms with Crippen molar-refractivity contribution >= 4 is 34.7 Å². The Bertz CT molecular complexity index is 1570. The Kier molecular flexibility index (Phi) is 18.4. The van der Waals surface area contributed by atoms with Gasteiger partial charge in [0.05, 0.1) is 24.3 Å². The summed E-state index contributed by atoms with van der Waals surface area (Å²) < 4.78 is 11.1. The molecular weight excluding hydrogens is 644 g/mol. The Morgan fingerprint density at radius 3 is 1.63 bits per heavy atom. The van der Waals surface area contributed by atoms with Gasteiger partial charge >= 0.3 is 11.9 Å². The third-order valence-corrected chi connectivity index (χ3v) is 8.75. The quantitative estimate of drug-likeness (QED) is 0.0572. The highest BCUT2D eigenvalue weighted by Crippen LogP contribution is 2.40. The zero-order chi connectivity index (χ0) is 36.8. The summed E-state index contributed by atoms with van der Waals surface area (Å²) in [5.41, 5.74) is 1.02. The molecule has 10 nitrogen and oxygen atoms in total. The van der Waals surface area contributed by atoms with Crippen LogP contribution in [0.4, 0.5) is 22.7 Å². The number of azo groups is 2. The van der Waals surface area contributed by atoms with E-state index in [4.69, 9.17) is 9.47 Å². The van der Waals surface area contributed by atoms with E-state index in [0.717, 1.165) is 56.9 Å². The standard InChI is InChI=1S/C41H56N4O6/c1-5-7-21-31(6-2)29-51-41(49)33-23-16-18-25-35(33)43-45-37-27-36(38(46)28-39(37)47)44-42-34-24-17-15-22-32(34)40(48)50-26-19-13-11-9-8-10-12-14-20-30(3)4/h15-18,22-25,27-28,30-31,46-47H,5-14,19-21,26,29H2,1-4H3. The molecule has 0 radical (unpaired) electrons. The minimum atomic E-state index is -0.501. The number of rotatable bonds is 23. The van der Waals surface area contributed by atoms with Gasteiger partial charge in [-0.15, -0.1) is 20.5 Å². The van der Waals surface area contributed by atoms with Crippen molar-refractivity contribution in [1.29, 1.82) is 0 Å². The third-order valence-electron chi connectivity index (χ3n) is 8.75. The number of unbranched alkanes of at least 4 members (excludes halogenated alkanes) is 8.